The van der Waals surface area contributed by atoms with Crippen LogP contribution in [0.1, 0.15) is 35.1 Å². The third-order valence-electron chi connectivity index (χ3n) is 5.95. The number of rotatable bonds is 4. The summed E-state index contributed by atoms with van der Waals surface area (Å²) in [5.74, 6) is 14.5. The Morgan fingerprint density at radius 3 is 1.44 bits per heavy atom. The molecule has 2 aromatic rings. The van der Waals surface area contributed by atoms with Crippen LogP contribution in [0.2, 0.25) is 0 Å². The number of fused-ring (bicyclic) bond motifs is 2. The van der Waals surface area contributed by atoms with Gasteiger partial charge in [-0.15, -0.1) is 47.0 Å². The van der Waals surface area contributed by atoms with Crippen LogP contribution in [0.15, 0.2) is 36.4 Å². The molecule has 0 radical (unpaired) electrons. The van der Waals surface area contributed by atoms with Crippen LogP contribution in [0, 0.1) is 23.7 Å². The maximum absolute atomic E-state index is 5.89. The Bertz CT molecular complexity index is 1020. The van der Waals surface area contributed by atoms with E-state index in [0.29, 0.717) is 0 Å². The zero-order valence-corrected chi connectivity index (χ0v) is 22.0. The van der Waals surface area contributed by atoms with Crippen LogP contribution in [-0.4, -0.2) is 38.2 Å². The van der Waals surface area contributed by atoms with Crippen molar-refractivity contribution in [3.63, 3.8) is 0 Å². The Balaban J connectivity index is 1.59. The molecule has 2 nitrogen and oxygen atoms in total. The van der Waals surface area contributed by atoms with Crippen LogP contribution < -0.4 is 9.47 Å². The molecule has 2 aromatic carbocycles. The molecular weight excluding hydrogens is 473 g/mol. The molecule has 6 heteroatoms. The van der Waals surface area contributed by atoms with E-state index in [2.05, 4.69) is 60.8 Å². The van der Waals surface area contributed by atoms with Gasteiger partial charge in [-0.25, -0.2) is 0 Å². The van der Waals surface area contributed by atoms with Gasteiger partial charge in [0.2, 0.25) is 0 Å². The predicted octanol–water partition coefficient (Wildman–Crippen LogP) is 6.41. The molecule has 0 atom stereocenters. The minimum atomic E-state index is 0.0310. The fraction of sp³-hybridized carbons (Fsp3) is 0.385. The highest BCUT2D eigenvalue weighted by atomic mass is 32.2. The maximum Gasteiger partial charge on any atom is 0.124 e. The van der Waals surface area contributed by atoms with E-state index < -0.39 is 0 Å². The van der Waals surface area contributed by atoms with Crippen molar-refractivity contribution in [1.82, 2.24) is 0 Å². The number of benzene rings is 2. The molecule has 0 fully saturated rings. The first-order valence-corrected chi connectivity index (χ1v) is 15.3. The van der Waals surface area contributed by atoms with E-state index >= 15 is 0 Å². The fourth-order valence-electron chi connectivity index (χ4n) is 4.14. The van der Waals surface area contributed by atoms with Crippen molar-refractivity contribution in [1.29, 1.82) is 0 Å². The number of ether oxygens (including phenoxy) is 2. The van der Waals surface area contributed by atoms with E-state index in [-0.39, 0.29) is 8.16 Å². The second-order valence-corrected chi connectivity index (χ2v) is 12.4. The van der Waals surface area contributed by atoms with Crippen molar-refractivity contribution in [3.05, 3.63) is 58.7 Å². The Morgan fingerprint density at radius 1 is 0.656 bits per heavy atom. The smallest absolute Gasteiger partial charge is 0.124 e. The summed E-state index contributed by atoms with van der Waals surface area (Å²) in [6.45, 7) is 1.51. The molecule has 32 heavy (non-hydrogen) atoms. The Morgan fingerprint density at radius 2 is 1.06 bits per heavy atom. The van der Waals surface area contributed by atoms with E-state index in [0.717, 1.165) is 48.7 Å². The van der Waals surface area contributed by atoms with Crippen molar-refractivity contribution in [2.24, 2.45) is 0 Å². The lowest BCUT2D eigenvalue weighted by molar-refractivity contribution is 0.280. The average Bonchev–Trinajstić information content (AvgIpc) is 2.85. The number of thioether (sulfide) groups is 4. The van der Waals surface area contributed by atoms with Crippen molar-refractivity contribution in [2.45, 2.75) is 21.0 Å². The summed E-state index contributed by atoms with van der Waals surface area (Å²) < 4.78 is 11.8. The second-order valence-electron chi connectivity index (χ2n) is 7.44. The Hall–Kier alpha value is -1.44. The molecule has 166 valence electrons. The van der Waals surface area contributed by atoms with Gasteiger partial charge in [0.1, 0.15) is 11.5 Å². The quantitative estimate of drug-likeness (QED) is 0.355. The first-order valence-electron chi connectivity index (χ1n) is 10.4. The largest absolute Gasteiger partial charge is 0.493 e. The van der Waals surface area contributed by atoms with Crippen molar-refractivity contribution in [2.75, 3.05) is 38.2 Å². The van der Waals surface area contributed by atoms with Crippen LogP contribution in [0.25, 0.3) is 0 Å². The van der Waals surface area contributed by atoms with E-state index in [1.54, 1.807) is 0 Å². The molecule has 2 aliphatic heterocycles. The van der Waals surface area contributed by atoms with Crippen LogP contribution in [-0.2, 0) is 8.16 Å². The normalized spacial score (nSPS) is 17.2. The summed E-state index contributed by atoms with van der Waals surface area (Å²) in [5, 5.41) is 0. The highest BCUT2D eigenvalue weighted by Gasteiger charge is 2.37. The molecule has 0 amide bonds. The molecule has 0 unspecified atom stereocenters. The maximum atomic E-state index is 5.89. The van der Waals surface area contributed by atoms with Gasteiger partial charge < -0.3 is 9.47 Å². The Kier molecular flexibility index (Phi) is 7.58. The first kappa shape index (κ1) is 23.7. The minimum Gasteiger partial charge on any atom is -0.493 e. The SMILES string of the molecule is CSC1(SC)CCOc2ccc(C#CC#Cc3ccc4c(c3)C(SC)(SC)CCO4)cc21. The Labute approximate surface area is 208 Å². The zero-order valence-electron chi connectivity index (χ0n) is 18.7. The van der Waals surface area contributed by atoms with Gasteiger partial charge in [0.15, 0.2) is 0 Å². The van der Waals surface area contributed by atoms with Crippen molar-refractivity contribution >= 4 is 47.0 Å². The van der Waals surface area contributed by atoms with Gasteiger partial charge in [0.25, 0.3) is 0 Å². The molecule has 0 spiro atoms. The van der Waals surface area contributed by atoms with Crippen LogP contribution in [0.5, 0.6) is 11.5 Å². The van der Waals surface area contributed by atoms with E-state index in [1.807, 2.05) is 71.3 Å². The molecule has 0 aromatic heterocycles. The highest BCUT2D eigenvalue weighted by molar-refractivity contribution is 8.17. The molecule has 0 bridgehead atoms. The monoisotopic (exact) mass is 498 g/mol. The highest BCUT2D eigenvalue weighted by Crippen LogP contribution is 2.53. The standard InChI is InChI=1S/C26H26O2S4/c1-29-25(30-2)13-15-27-23-11-9-19(17-21(23)25)7-5-6-8-20-10-12-24-22(18-20)26(31-3,32-4)14-16-28-24/h9-12,17-18H,13-16H2,1-4H3. The molecule has 0 aliphatic carbocycles. The van der Waals surface area contributed by atoms with Crippen molar-refractivity contribution in [3.8, 4) is 35.2 Å². The molecule has 0 N–H and O–H groups in total. The fourth-order valence-corrected chi connectivity index (χ4v) is 8.15. The van der Waals surface area contributed by atoms with Gasteiger partial charge >= 0.3 is 0 Å². The molecular formula is C26H26O2S4. The summed E-state index contributed by atoms with van der Waals surface area (Å²) in [6.07, 6.45) is 10.7. The van der Waals surface area contributed by atoms with Gasteiger partial charge in [-0.1, -0.05) is 11.8 Å². The molecule has 0 saturated heterocycles. The molecule has 0 saturated carbocycles. The van der Waals surface area contributed by atoms with E-state index in [1.165, 1.54) is 11.1 Å². The second kappa shape index (κ2) is 10.2. The summed E-state index contributed by atoms with van der Waals surface area (Å²) >= 11 is 7.51. The average molecular weight is 499 g/mol. The lowest BCUT2D eigenvalue weighted by atomic mass is 10.0. The first-order chi connectivity index (χ1) is 15.6. The van der Waals surface area contributed by atoms with Crippen LogP contribution >= 0.6 is 47.0 Å². The van der Waals surface area contributed by atoms with Crippen LogP contribution in [0.4, 0.5) is 0 Å². The lowest BCUT2D eigenvalue weighted by Crippen LogP contribution is -2.26. The predicted molar refractivity (Wildman–Crippen MR) is 144 cm³/mol. The summed E-state index contributed by atoms with van der Waals surface area (Å²) in [7, 11) is 0. The van der Waals surface area contributed by atoms with Crippen LogP contribution in [0.3, 0.4) is 0 Å². The van der Waals surface area contributed by atoms with Gasteiger partial charge in [-0.3, -0.25) is 0 Å². The lowest BCUT2D eigenvalue weighted by Gasteiger charge is -2.36. The van der Waals surface area contributed by atoms with Gasteiger partial charge in [-0.2, -0.15) is 0 Å². The third-order valence-corrected chi connectivity index (χ3v) is 12.3. The van der Waals surface area contributed by atoms with Crippen molar-refractivity contribution < 1.29 is 9.47 Å². The van der Waals surface area contributed by atoms with Gasteiger partial charge in [-0.05, 0) is 73.3 Å². The third kappa shape index (κ3) is 4.48. The summed E-state index contributed by atoms with van der Waals surface area (Å²) in [5.41, 5.74) is 4.39. The number of hydrogen-bond donors (Lipinski definition) is 0. The zero-order chi connectivity index (χ0) is 22.6. The topological polar surface area (TPSA) is 18.5 Å². The van der Waals surface area contributed by atoms with E-state index in [4.69, 9.17) is 9.47 Å². The molecule has 2 aliphatic rings. The van der Waals surface area contributed by atoms with E-state index in [9.17, 15) is 0 Å². The summed E-state index contributed by atoms with van der Waals surface area (Å²) in [6, 6.07) is 12.5. The minimum absolute atomic E-state index is 0.0310. The molecule has 2 heterocycles. The molecule has 4 rings (SSSR count). The van der Waals surface area contributed by atoms with Gasteiger partial charge in [0.05, 0.1) is 21.4 Å². The van der Waals surface area contributed by atoms with Gasteiger partial charge in [0, 0.05) is 35.1 Å². The number of hydrogen-bond acceptors (Lipinski definition) is 6. The summed E-state index contributed by atoms with van der Waals surface area (Å²) in [4.78, 5) is 0.